The summed E-state index contributed by atoms with van der Waals surface area (Å²) in [5, 5.41) is 8.84. The molecule has 0 spiro atoms. The van der Waals surface area contributed by atoms with Gasteiger partial charge in [0.05, 0.1) is 73.7 Å². The number of nitriles is 1. The molecule has 332 valence electrons. The van der Waals surface area contributed by atoms with E-state index in [0.717, 1.165) is 22.4 Å². The highest BCUT2D eigenvalue weighted by Crippen LogP contribution is 2.28. The van der Waals surface area contributed by atoms with Crippen molar-refractivity contribution in [3.05, 3.63) is 103 Å². The number of ether oxygens (including phenoxy) is 4. The lowest BCUT2D eigenvalue weighted by Gasteiger charge is -2.08. The van der Waals surface area contributed by atoms with Crippen LogP contribution in [0.5, 0.6) is 23.4 Å². The molecule has 0 aliphatic heterocycles. The molecule has 20 nitrogen and oxygen atoms in total. The van der Waals surface area contributed by atoms with Crippen molar-refractivity contribution in [2.75, 3.05) is 43.6 Å². The van der Waals surface area contributed by atoms with Crippen LogP contribution in [0.4, 0.5) is 22.2 Å². The Morgan fingerprint density at radius 3 is 1.12 bits per heavy atom. The van der Waals surface area contributed by atoms with Crippen LogP contribution in [0.3, 0.4) is 0 Å². The van der Waals surface area contributed by atoms with Crippen molar-refractivity contribution in [3.8, 4) is 63.2 Å². The Kier molecular flexibility index (Phi) is 14.2. The molecule has 66 heavy (non-hydrogen) atoms. The lowest BCUT2D eigenvalue weighted by Crippen LogP contribution is -2.04. The highest BCUT2D eigenvalue weighted by Gasteiger charge is 2.15. The van der Waals surface area contributed by atoms with Crippen LogP contribution in [0.15, 0.2) is 91.4 Å². The number of benzene rings is 3. The van der Waals surface area contributed by atoms with Gasteiger partial charge in [0.2, 0.25) is 35.5 Å². The van der Waals surface area contributed by atoms with E-state index in [4.69, 9.17) is 41.4 Å². The number of fused-ring (bicyclic) bond motifs is 3. The predicted octanol–water partition coefficient (Wildman–Crippen LogP) is 6.61. The van der Waals surface area contributed by atoms with Crippen LogP contribution in [-0.4, -0.2) is 86.2 Å². The van der Waals surface area contributed by atoms with E-state index in [1.54, 1.807) is 42.9 Å². The van der Waals surface area contributed by atoms with Gasteiger partial charge in [0, 0.05) is 16.7 Å². The van der Waals surface area contributed by atoms with Crippen molar-refractivity contribution in [2.45, 2.75) is 27.7 Å². The third-order valence-corrected chi connectivity index (χ3v) is 8.93. The number of hydrogen-bond donors (Lipinski definition) is 3. The summed E-state index contributed by atoms with van der Waals surface area (Å²) >= 11 is 0. The second-order valence-corrected chi connectivity index (χ2v) is 13.4. The molecule has 0 saturated heterocycles. The van der Waals surface area contributed by atoms with Crippen molar-refractivity contribution in [2.24, 2.45) is 0 Å². The molecule has 9 rings (SSSR count). The number of hydrogen-bond acceptors (Lipinski definition) is 20. The van der Waals surface area contributed by atoms with E-state index < -0.39 is 0 Å². The summed E-state index contributed by atoms with van der Waals surface area (Å²) in [7, 11) is 0. The maximum Gasteiger partial charge on any atom is 0.247 e. The van der Waals surface area contributed by atoms with Gasteiger partial charge in [0.15, 0.2) is 33.5 Å². The molecule has 6 aromatic heterocycles. The Hall–Kier alpha value is -9.06. The zero-order valence-electron chi connectivity index (χ0n) is 36.0. The van der Waals surface area contributed by atoms with E-state index in [9.17, 15) is 4.39 Å². The van der Waals surface area contributed by atoms with Crippen LogP contribution in [-0.2, 0) is 0 Å². The van der Waals surface area contributed by atoms with Gasteiger partial charge < -0.3 is 36.1 Å². The SMILES string of the molecule is CCOc1ccc(-c2cnc3nc(N)nc(OCC)c3n2)cc1.CCOc1nc(N)nc2ncc(-c3ccc(C#N)cc3)nc12.CCOc1nc(N)nc2ncc(-c3ccc(F)cc3)nc12. The quantitative estimate of drug-likeness (QED) is 0.123. The fourth-order valence-corrected chi connectivity index (χ4v) is 6.05. The van der Waals surface area contributed by atoms with Gasteiger partial charge in [-0.2, -0.15) is 35.2 Å². The third-order valence-electron chi connectivity index (χ3n) is 8.93. The molecule has 0 unspecified atom stereocenters. The lowest BCUT2D eigenvalue weighted by molar-refractivity contribution is 0.330. The topological polar surface area (TPSA) is 293 Å². The first-order valence-corrected chi connectivity index (χ1v) is 20.4. The van der Waals surface area contributed by atoms with Gasteiger partial charge in [-0.1, -0.05) is 12.1 Å². The van der Waals surface area contributed by atoms with Crippen molar-refractivity contribution >= 4 is 51.3 Å². The van der Waals surface area contributed by atoms with Crippen LogP contribution in [0.2, 0.25) is 0 Å². The van der Waals surface area contributed by atoms with Gasteiger partial charge in [-0.3, -0.25) is 0 Å². The molecule has 0 radical (unpaired) electrons. The standard InChI is InChI=1S/C16H17N5O2.C15H12N6O.C14H12FN5O/c1-3-22-11-7-5-10(6-8-11)12-9-18-14-13(19-12)15(23-4-2)21-16(17)20-14;1-2-22-14-12-13(20-15(17)21-14)18-8-11(19-12)10-5-3-9(7-16)4-6-10;1-2-21-13-11-12(19-14(16)20-13)17-7-10(18-11)8-3-5-9(15)6-4-8/h5-9H,3-4H2,1-2H3,(H2,17,18,20,21);3-6,8H,2H2,1H3,(H2,17,18,20,21);3-7H,2H2,1H3,(H2,16,17,19,20). The minimum atomic E-state index is -0.307. The molecule has 0 saturated carbocycles. The number of halogens is 1. The summed E-state index contributed by atoms with van der Waals surface area (Å²) in [6, 6.07) is 22.8. The molecule has 9 aromatic rings. The summed E-state index contributed by atoms with van der Waals surface area (Å²) in [5.41, 5.74) is 24.5. The number of anilines is 3. The van der Waals surface area contributed by atoms with Gasteiger partial charge in [0.1, 0.15) is 11.6 Å². The largest absolute Gasteiger partial charge is 0.494 e. The maximum atomic E-state index is 13.0. The summed E-state index contributed by atoms with van der Waals surface area (Å²) in [6.07, 6.45) is 4.81. The number of nitrogens with zero attached hydrogens (tertiary/aromatic N) is 13. The van der Waals surface area contributed by atoms with E-state index >= 15 is 0 Å². The van der Waals surface area contributed by atoms with Crippen LogP contribution >= 0.6 is 0 Å². The van der Waals surface area contributed by atoms with Gasteiger partial charge in [-0.05, 0) is 88.4 Å². The highest BCUT2D eigenvalue weighted by molar-refractivity contribution is 5.81. The molecule has 21 heteroatoms. The predicted molar refractivity (Wildman–Crippen MR) is 244 cm³/mol. The number of aromatic nitrogens is 12. The van der Waals surface area contributed by atoms with Gasteiger partial charge in [-0.25, -0.2) is 34.3 Å². The summed E-state index contributed by atoms with van der Waals surface area (Å²) in [5.74, 6) is 1.74. The van der Waals surface area contributed by atoms with Crippen molar-refractivity contribution in [1.29, 1.82) is 5.26 Å². The molecule has 0 fully saturated rings. The summed E-state index contributed by atoms with van der Waals surface area (Å²) < 4.78 is 34.8. The third kappa shape index (κ3) is 10.8. The molecule has 0 aliphatic rings. The van der Waals surface area contributed by atoms with E-state index in [1.165, 1.54) is 12.1 Å². The number of nitrogen functional groups attached to an aromatic ring is 3. The van der Waals surface area contributed by atoms with Gasteiger partial charge >= 0.3 is 0 Å². The van der Waals surface area contributed by atoms with E-state index in [0.29, 0.717) is 94.3 Å². The van der Waals surface area contributed by atoms with Crippen LogP contribution in [0.1, 0.15) is 33.3 Å². The molecule has 6 heterocycles. The Balaban J connectivity index is 0.000000147. The summed E-state index contributed by atoms with van der Waals surface area (Å²) in [6.45, 7) is 9.45. The summed E-state index contributed by atoms with van der Waals surface area (Å²) in [4.78, 5) is 50.6. The maximum absolute atomic E-state index is 13.0. The molecule has 3 aromatic carbocycles. The fourth-order valence-electron chi connectivity index (χ4n) is 6.05. The van der Waals surface area contributed by atoms with Crippen molar-refractivity contribution < 1.29 is 23.3 Å². The minimum Gasteiger partial charge on any atom is -0.494 e. The number of rotatable bonds is 11. The van der Waals surface area contributed by atoms with E-state index in [1.807, 2.05) is 64.1 Å². The molecule has 6 N–H and O–H groups in total. The van der Waals surface area contributed by atoms with Crippen molar-refractivity contribution in [1.82, 2.24) is 59.8 Å². The zero-order chi connectivity index (χ0) is 46.6. The molecule has 0 aliphatic carbocycles. The Morgan fingerprint density at radius 1 is 0.455 bits per heavy atom. The Bertz CT molecular complexity index is 3160. The first-order chi connectivity index (χ1) is 32.1. The second kappa shape index (κ2) is 20.9. The van der Waals surface area contributed by atoms with E-state index in [2.05, 4.69) is 65.9 Å². The number of nitrogens with two attached hydrogens (primary N) is 3. The normalized spacial score (nSPS) is 10.6. The van der Waals surface area contributed by atoms with Crippen molar-refractivity contribution in [3.63, 3.8) is 0 Å². The zero-order valence-corrected chi connectivity index (χ0v) is 36.0. The smallest absolute Gasteiger partial charge is 0.247 e. The van der Waals surface area contributed by atoms with E-state index in [-0.39, 0.29) is 29.5 Å². The Labute approximate surface area is 376 Å². The molecule has 0 bridgehead atoms. The molecular formula is C45H41FN16O4. The fraction of sp³-hybridized carbons (Fsp3) is 0.178. The monoisotopic (exact) mass is 888 g/mol. The lowest BCUT2D eigenvalue weighted by atomic mass is 10.1. The van der Waals surface area contributed by atoms with Gasteiger partial charge in [-0.15, -0.1) is 0 Å². The first kappa shape index (κ1) is 45.0. The molecular weight excluding hydrogens is 848 g/mol. The average molecular weight is 889 g/mol. The van der Waals surface area contributed by atoms with Gasteiger partial charge in [0.25, 0.3) is 0 Å². The molecule has 0 atom stereocenters. The Morgan fingerprint density at radius 2 is 0.788 bits per heavy atom. The highest BCUT2D eigenvalue weighted by atomic mass is 19.1. The van der Waals surface area contributed by atoms with Crippen LogP contribution in [0.25, 0.3) is 67.3 Å². The first-order valence-electron chi connectivity index (χ1n) is 20.4. The molecule has 0 amide bonds. The second-order valence-electron chi connectivity index (χ2n) is 13.4. The minimum absolute atomic E-state index is 0.0785. The van der Waals surface area contributed by atoms with Crippen LogP contribution in [0, 0.1) is 17.1 Å². The van der Waals surface area contributed by atoms with Crippen LogP contribution < -0.4 is 36.1 Å². The average Bonchev–Trinajstić information content (AvgIpc) is 3.32.